The fourth-order valence-corrected chi connectivity index (χ4v) is 6.91. The maximum atomic E-state index is 12.5. The molecule has 0 spiro atoms. The average Bonchev–Trinajstić information content (AvgIpc) is 2.73. The van der Waals surface area contributed by atoms with Crippen LogP contribution in [0, 0.1) is 23.2 Å². The smallest absolute Gasteiger partial charge is 0.407 e. The van der Waals surface area contributed by atoms with Crippen LogP contribution in [0.5, 0.6) is 5.75 Å². The van der Waals surface area contributed by atoms with Crippen molar-refractivity contribution in [3.63, 3.8) is 0 Å². The predicted octanol–water partition coefficient (Wildman–Crippen LogP) is 5.25. The standard InChI is InChI=1S/C25H35NO4/c1-16-13-24(3)21-17(2)25(16,15-29-23(27)26-18-9-5-4-6-10-18)14-28-22(21)19-11-7-8-12-20(19)30-24/h7-8,11-12,16-18,21-22H,4-6,9-10,13-15H2,1-3H3,(H,26,27)/t16-,17+,21-,22-,24+,25+/m1/s1. The summed E-state index contributed by atoms with van der Waals surface area (Å²) in [5.41, 5.74) is 0.734. The van der Waals surface area contributed by atoms with E-state index in [0.717, 1.165) is 30.6 Å². The molecule has 4 aliphatic rings. The SMILES string of the molecule is C[C@@H]1C[C@]2(C)Oc3ccccc3[C@H]3OC[C@@]1(COC(=O)NC1CCCCC1)[C@@H](C)[C@H]32. The van der Waals surface area contributed by atoms with Gasteiger partial charge in [0.2, 0.25) is 0 Å². The van der Waals surface area contributed by atoms with Crippen LogP contribution in [0.15, 0.2) is 24.3 Å². The van der Waals surface area contributed by atoms with E-state index in [1.54, 1.807) is 0 Å². The highest BCUT2D eigenvalue weighted by molar-refractivity contribution is 5.67. The summed E-state index contributed by atoms with van der Waals surface area (Å²) in [6.07, 6.45) is 6.52. The normalized spacial score (nSPS) is 40.1. The first-order valence-corrected chi connectivity index (χ1v) is 11.8. The number of carbonyl (C=O) groups excluding carboxylic acids is 1. The molecule has 5 nitrogen and oxygen atoms in total. The molecule has 164 valence electrons. The van der Waals surface area contributed by atoms with E-state index in [9.17, 15) is 4.79 Å². The van der Waals surface area contributed by atoms with E-state index in [-0.39, 0.29) is 35.2 Å². The van der Waals surface area contributed by atoms with Crippen molar-refractivity contribution >= 4 is 6.09 Å². The van der Waals surface area contributed by atoms with Gasteiger partial charge in [-0.1, -0.05) is 51.3 Å². The molecule has 2 bridgehead atoms. The Kier molecular flexibility index (Phi) is 5.00. The number of benzene rings is 1. The Labute approximate surface area is 179 Å². The lowest BCUT2D eigenvalue weighted by atomic mass is 9.50. The number of ether oxygens (including phenoxy) is 3. The maximum absolute atomic E-state index is 12.5. The molecule has 30 heavy (non-hydrogen) atoms. The number of hydrogen-bond acceptors (Lipinski definition) is 4. The monoisotopic (exact) mass is 413 g/mol. The molecule has 6 atom stereocenters. The van der Waals surface area contributed by atoms with E-state index < -0.39 is 0 Å². The van der Waals surface area contributed by atoms with Crippen LogP contribution in [0.1, 0.15) is 71.0 Å². The van der Waals surface area contributed by atoms with Gasteiger partial charge in [-0.15, -0.1) is 0 Å². The summed E-state index contributed by atoms with van der Waals surface area (Å²) in [7, 11) is 0. The minimum Gasteiger partial charge on any atom is -0.487 e. The lowest BCUT2D eigenvalue weighted by molar-refractivity contribution is -0.259. The molecule has 0 aromatic heterocycles. The number of para-hydroxylation sites is 1. The van der Waals surface area contributed by atoms with Gasteiger partial charge in [0, 0.05) is 22.9 Å². The van der Waals surface area contributed by atoms with E-state index in [1.165, 1.54) is 19.3 Å². The summed E-state index contributed by atoms with van der Waals surface area (Å²) in [5, 5.41) is 3.09. The van der Waals surface area contributed by atoms with E-state index >= 15 is 0 Å². The lowest BCUT2D eigenvalue weighted by Crippen LogP contribution is -2.66. The van der Waals surface area contributed by atoms with E-state index in [2.05, 4.69) is 44.3 Å². The first-order chi connectivity index (χ1) is 14.4. The Morgan fingerprint density at radius 3 is 2.77 bits per heavy atom. The van der Waals surface area contributed by atoms with Gasteiger partial charge < -0.3 is 19.5 Å². The van der Waals surface area contributed by atoms with Crippen molar-refractivity contribution in [2.75, 3.05) is 13.2 Å². The molecule has 5 heteroatoms. The topological polar surface area (TPSA) is 56.8 Å². The molecule has 2 aliphatic carbocycles. The summed E-state index contributed by atoms with van der Waals surface area (Å²) >= 11 is 0. The van der Waals surface area contributed by atoms with Crippen molar-refractivity contribution in [2.24, 2.45) is 23.2 Å². The Bertz CT molecular complexity index is 806. The molecular formula is C25H35NO4. The Hall–Kier alpha value is -1.75. The molecule has 0 unspecified atom stereocenters. The van der Waals surface area contributed by atoms with Crippen LogP contribution >= 0.6 is 0 Å². The van der Waals surface area contributed by atoms with E-state index in [0.29, 0.717) is 25.0 Å². The lowest BCUT2D eigenvalue weighted by Gasteiger charge is -2.63. The van der Waals surface area contributed by atoms with Crippen LogP contribution in [-0.4, -0.2) is 30.9 Å². The van der Waals surface area contributed by atoms with Crippen LogP contribution in [0.3, 0.4) is 0 Å². The molecule has 5 rings (SSSR count). The fourth-order valence-electron chi connectivity index (χ4n) is 6.91. The van der Waals surface area contributed by atoms with Crippen LogP contribution in [0.2, 0.25) is 0 Å². The highest BCUT2D eigenvalue weighted by atomic mass is 16.6. The van der Waals surface area contributed by atoms with Crippen molar-refractivity contribution in [3.05, 3.63) is 29.8 Å². The second kappa shape index (κ2) is 7.44. The number of carbonyl (C=O) groups is 1. The maximum Gasteiger partial charge on any atom is 0.407 e. The largest absolute Gasteiger partial charge is 0.487 e. The molecule has 2 heterocycles. The third-order valence-corrected chi connectivity index (χ3v) is 8.67. The number of alkyl carbamates (subject to hydrolysis) is 1. The average molecular weight is 414 g/mol. The second-order valence-corrected chi connectivity index (χ2v) is 10.4. The third kappa shape index (κ3) is 3.12. The molecule has 0 radical (unpaired) electrons. The quantitative estimate of drug-likeness (QED) is 0.736. The highest BCUT2D eigenvalue weighted by Gasteiger charge is 2.64. The van der Waals surface area contributed by atoms with E-state index in [1.807, 2.05) is 6.07 Å². The van der Waals surface area contributed by atoms with E-state index in [4.69, 9.17) is 14.2 Å². The van der Waals surface area contributed by atoms with Crippen LogP contribution in [0.4, 0.5) is 4.79 Å². The van der Waals surface area contributed by atoms with Crippen molar-refractivity contribution in [1.82, 2.24) is 5.32 Å². The molecular weight excluding hydrogens is 378 g/mol. The van der Waals surface area contributed by atoms with Gasteiger partial charge in [-0.2, -0.15) is 0 Å². The number of nitrogens with one attached hydrogen (secondary N) is 1. The van der Waals surface area contributed by atoms with Crippen LogP contribution in [-0.2, 0) is 9.47 Å². The zero-order chi connectivity index (χ0) is 20.9. The fraction of sp³-hybridized carbons (Fsp3) is 0.720. The summed E-state index contributed by atoms with van der Waals surface area (Å²) in [4.78, 5) is 12.5. The summed E-state index contributed by atoms with van der Waals surface area (Å²) < 4.78 is 19.0. The van der Waals surface area contributed by atoms with Crippen molar-refractivity contribution < 1.29 is 19.0 Å². The summed E-state index contributed by atoms with van der Waals surface area (Å²) in [6.45, 7) is 7.86. The van der Waals surface area contributed by atoms with Gasteiger partial charge in [0.15, 0.2) is 0 Å². The zero-order valence-corrected chi connectivity index (χ0v) is 18.5. The highest BCUT2D eigenvalue weighted by Crippen LogP contribution is 2.63. The molecule has 3 fully saturated rings. The van der Waals surface area contributed by atoms with Gasteiger partial charge in [0.05, 0.1) is 12.7 Å². The minimum absolute atomic E-state index is 0.0478. The minimum atomic E-state index is -0.267. The molecule has 2 saturated carbocycles. The molecule has 1 amide bonds. The molecule has 1 N–H and O–H groups in total. The van der Waals surface area contributed by atoms with Gasteiger partial charge in [-0.05, 0) is 44.1 Å². The van der Waals surface area contributed by atoms with Crippen LogP contribution < -0.4 is 10.1 Å². The Morgan fingerprint density at radius 2 is 1.97 bits per heavy atom. The molecule has 1 aromatic carbocycles. The van der Waals surface area contributed by atoms with Gasteiger partial charge >= 0.3 is 6.09 Å². The summed E-state index contributed by atoms with van der Waals surface area (Å²) in [5.74, 6) is 1.88. The third-order valence-electron chi connectivity index (χ3n) is 8.67. The molecule has 1 aromatic rings. The second-order valence-electron chi connectivity index (χ2n) is 10.4. The molecule has 1 saturated heterocycles. The van der Waals surface area contributed by atoms with Gasteiger partial charge in [0.1, 0.15) is 18.0 Å². The van der Waals surface area contributed by atoms with Crippen molar-refractivity contribution in [3.8, 4) is 5.75 Å². The summed E-state index contributed by atoms with van der Waals surface area (Å²) in [6, 6.07) is 8.55. The predicted molar refractivity (Wildman–Crippen MR) is 114 cm³/mol. The Morgan fingerprint density at radius 1 is 1.20 bits per heavy atom. The van der Waals surface area contributed by atoms with Crippen molar-refractivity contribution in [2.45, 2.75) is 77.0 Å². The van der Waals surface area contributed by atoms with Crippen molar-refractivity contribution in [1.29, 1.82) is 0 Å². The number of amides is 1. The number of hydrogen-bond donors (Lipinski definition) is 1. The molecule has 2 aliphatic heterocycles. The van der Waals surface area contributed by atoms with Gasteiger partial charge in [-0.25, -0.2) is 4.79 Å². The van der Waals surface area contributed by atoms with Crippen LogP contribution in [0.25, 0.3) is 0 Å². The van der Waals surface area contributed by atoms with Gasteiger partial charge in [0.25, 0.3) is 0 Å². The first-order valence-electron chi connectivity index (χ1n) is 11.8. The number of fused-ring (bicyclic) bond motifs is 3. The Balaban J connectivity index is 1.34. The zero-order valence-electron chi connectivity index (χ0n) is 18.5. The number of rotatable bonds is 3. The first kappa shape index (κ1) is 20.2. The van der Waals surface area contributed by atoms with Gasteiger partial charge in [-0.3, -0.25) is 0 Å².